The Labute approximate surface area is 280 Å². The molecule has 0 spiro atoms. The minimum absolute atomic E-state index is 0.915. The third-order valence-corrected chi connectivity index (χ3v) is 10.2. The van der Waals surface area contributed by atoms with E-state index < -0.39 is 0 Å². The molecule has 226 valence electrons. The molecule has 49 heavy (non-hydrogen) atoms. The van der Waals surface area contributed by atoms with Crippen molar-refractivity contribution in [3.63, 3.8) is 0 Å². The summed E-state index contributed by atoms with van der Waals surface area (Å²) < 4.78 is 6.55. The van der Waals surface area contributed by atoms with E-state index in [1.165, 1.54) is 43.4 Å². The van der Waals surface area contributed by atoms with Crippen LogP contribution < -0.4 is 0 Å². The van der Waals surface area contributed by atoms with Gasteiger partial charge in [-0.15, -0.1) is 0 Å². The number of hydrogen-bond acceptors (Lipinski definition) is 3. The van der Waals surface area contributed by atoms with E-state index in [0.717, 1.165) is 65.8 Å². The molecular weight excluding hydrogens is 597 g/mol. The van der Waals surface area contributed by atoms with Gasteiger partial charge in [-0.05, 0) is 91.3 Å². The van der Waals surface area contributed by atoms with Crippen molar-refractivity contribution in [2.75, 3.05) is 0 Å². The van der Waals surface area contributed by atoms with Crippen molar-refractivity contribution in [2.45, 2.75) is 0 Å². The molecule has 0 unspecified atom stereocenters. The van der Waals surface area contributed by atoms with Crippen molar-refractivity contribution in [3.05, 3.63) is 158 Å². The SMILES string of the molecule is c1ccc2cc3c(-c4cc5ccc6c7ccccc7oc6c5c5ccccc45)ccc(-c4ccc5ccc6cccnc6c5n4)c3cc2c1. The zero-order chi connectivity index (χ0) is 32.1. The average molecular weight is 623 g/mol. The molecule has 11 aromatic rings. The van der Waals surface area contributed by atoms with Crippen molar-refractivity contribution < 1.29 is 4.42 Å². The molecule has 0 aliphatic rings. The summed E-state index contributed by atoms with van der Waals surface area (Å²) in [6, 6.07) is 54.3. The number of para-hydroxylation sites is 1. The van der Waals surface area contributed by atoms with E-state index in [-0.39, 0.29) is 0 Å². The van der Waals surface area contributed by atoms with Crippen molar-refractivity contribution in [2.24, 2.45) is 0 Å². The summed E-state index contributed by atoms with van der Waals surface area (Å²) in [6.07, 6.45) is 1.85. The number of pyridine rings is 2. The Hall–Kier alpha value is -6.58. The maximum atomic E-state index is 6.55. The zero-order valence-electron chi connectivity index (χ0n) is 26.3. The number of furan rings is 1. The van der Waals surface area contributed by atoms with Crippen LogP contribution in [0.2, 0.25) is 0 Å². The molecule has 0 aliphatic heterocycles. The maximum absolute atomic E-state index is 6.55. The van der Waals surface area contributed by atoms with Crippen LogP contribution in [0.4, 0.5) is 0 Å². The van der Waals surface area contributed by atoms with Gasteiger partial charge in [-0.3, -0.25) is 4.98 Å². The number of nitrogens with zero attached hydrogens (tertiary/aromatic N) is 2. The molecule has 0 amide bonds. The van der Waals surface area contributed by atoms with E-state index >= 15 is 0 Å². The van der Waals surface area contributed by atoms with E-state index in [9.17, 15) is 0 Å². The van der Waals surface area contributed by atoms with Gasteiger partial charge in [0.2, 0.25) is 0 Å². The first kappa shape index (κ1) is 26.5. The van der Waals surface area contributed by atoms with Gasteiger partial charge >= 0.3 is 0 Å². The van der Waals surface area contributed by atoms with Crippen molar-refractivity contribution in [3.8, 4) is 22.4 Å². The van der Waals surface area contributed by atoms with Crippen LogP contribution in [0.25, 0.3) is 109 Å². The van der Waals surface area contributed by atoms with Crippen LogP contribution in [0.5, 0.6) is 0 Å². The highest BCUT2D eigenvalue weighted by Crippen LogP contribution is 2.44. The van der Waals surface area contributed by atoms with Crippen molar-refractivity contribution >= 4 is 86.8 Å². The Balaban J connectivity index is 1.22. The molecule has 3 heteroatoms. The smallest absolute Gasteiger partial charge is 0.143 e. The Bertz CT molecular complexity index is 3170. The standard InChI is InChI=1S/C46H26N2O/c1-2-9-30-25-40-34(41-22-18-28-16-15-27-10-7-23-47-44(27)45(28)48-41)21-20-33(39(40)24-29(30)8-1)38-26-31-17-19-37-35-12-5-6-14-42(35)49-46(37)43(31)36-13-4-3-11-32(36)38/h1-26H. The van der Waals surface area contributed by atoms with Crippen LogP contribution in [0, 0.1) is 0 Å². The average Bonchev–Trinajstić information content (AvgIpc) is 3.55. The zero-order valence-corrected chi connectivity index (χ0v) is 26.3. The lowest BCUT2D eigenvalue weighted by molar-refractivity contribution is 0.673. The molecule has 11 rings (SSSR count). The molecule has 0 saturated carbocycles. The third kappa shape index (κ3) is 3.84. The molecular formula is C46H26N2O. The summed E-state index contributed by atoms with van der Waals surface area (Å²) in [4.78, 5) is 9.99. The van der Waals surface area contributed by atoms with Gasteiger partial charge in [0.05, 0.1) is 16.7 Å². The summed E-state index contributed by atoms with van der Waals surface area (Å²) in [5, 5.41) is 14.0. The Morgan fingerprint density at radius 1 is 0.388 bits per heavy atom. The number of benzene rings is 8. The fourth-order valence-electron chi connectivity index (χ4n) is 7.96. The fraction of sp³-hybridized carbons (Fsp3) is 0. The van der Waals surface area contributed by atoms with Crippen LogP contribution in [-0.4, -0.2) is 9.97 Å². The van der Waals surface area contributed by atoms with Crippen molar-refractivity contribution in [1.82, 2.24) is 9.97 Å². The highest BCUT2D eigenvalue weighted by Gasteiger charge is 2.18. The lowest BCUT2D eigenvalue weighted by Crippen LogP contribution is -1.92. The van der Waals surface area contributed by atoms with Gasteiger partial charge < -0.3 is 4.42 Å². The van der Waals surface area contributed by atoms with Gasteiger partial charge in [0.25, 0.3) is 0 Å². The molecule has 3 heterocycles. The lowest BCUT2D eigenvalue weighted by Gasteiger charge is -2.16. The number of hydrogen-bond donors (Lipinski definition) is 0. The molecule has 0 radical (unpaired) electrons. The van der Waals surface area contributed by atoms with Crippen LogP contribution in [0.15, 0.2) is 162 Å². The molecule has 0 bridgehead atoms. The van der Waals surface area contributed by atoms with Gasteiger partial charge in [0.1, 0.15) is 11.2 Å². The minimum Gasteiger partial charge on any atom is -0.455 e. The quantitative estimate of drug-likeness (QED) is 0.142. The van der Waals surface area contributed by atoms with E-state index in [0.29, 0.717) is 0 Å². The minimum atomic E-state index is 0.915. The predicted octanol–water partition coefficient (Wildman–Crippen LogP) is 12.6. The molecule has 3 nitrogen and oxygen atoms in total. The highest BCUT2D eigenvalue weighted by molar-refractivity contribution is 6.26. The normalized spacial score (nSPS) is 12.1. The largest absolute Gasteiger partial charge is 0.455 e. The number of aromatic nitrogens is 2. The van der Waals surface area contributed by atoms with Crippen LogP contribution in [0.3, 0.4) is 0 Å². The molecule has 0 saturated heterocycles. The molecule has 8 aromatic carbocycles. The van der Waals surface area contributed by atoms with Crippen LogP contribution in [-0.2, 0) is 0 Å². The monoisotopic (exact) mass is 622 g/mol. The first-order chi connectivity index (χ1) is 24.3. The number of rotatable bonds is 2. The van der Waals surface area contributed by atoms with Gasteiger partial charge in [-0.25, -0.2) is 4.98 Å². The summed E-state index contributed by atoms with van der Waals surface area (Å²) in [5.74, 6) is 0. The topological polar surface area (TPSA) is 38.9 Å². The van der Waals surface area contributed by atoms with Gasteiger partial charge in [-0.2, -0.15) is 0 Å². The Morgan fingerprint density at radius 2 is 1.04 bits per heavy atom. The molecule has 0 atom stereocenters. The second-order valence-corrected chi connectivity index (χ2v) is 12.9. The lowest BCUT2D eigenvalue weighted by atomic mass is 9.87. The summed E-state index contributed by atoms with van der Waals surface area (Å²) in [6.45, 7) is 0. The molecule has 0 N–H and O–H groups in total. The Morgan fingerprint density at radius 3 is 1.90 bits per heavy atom. The van der Waals surface area contributed by atoms with Gasteiger partial charge in [-0.1, -0.05) is 109 Å². The second-order valence-electron chi connectivity index (χ2n) is 12.9. The van der Waals surface area contributed by atoms with Gasteiger partial charge in [0.15, 0.2) is 0 Å². The van der Waals surface area contributed by atoms with Gasteiger partial charge in [0, 0.05) is 38.7 Å². The first-order valence-corrected chi connectivity index (χ1v) is 16.6. The maximum Gasteiger partial charge on any atom is 0.143 e. The second kappa shape index (κ2) is 9.96. The summed E-state index contributed by atoms with van der Waals surface area (Å²) in [7, 11) is 0. The molecule has 0 fully saturated rings. The molecule has 0 aliphatic carbocycles. The first-order valence-electron chi connectivity index (χ1n) is 16.6. The van der Waals surface area contributed by atoms with Crippen LogP contribution >= 0.6 is 0 Å². The highest BCUT2D eigenvalue weighted by atomic mass is 16.3. The van der Waals surface area contributed by atoms with E-state index in [2.05, 4.69) is 140 Å². The van der Waals surface area contributed by atoms with Crippen molar-refractivity contribution in [1.29, 1.82) is 0 Å². The van der Waals surface area contributed by atoms with E-state index in [1.807, 2.05) is 18.3 Å². The van der Waals surface area contributed by atoms with E-state index in [4.69, 9.17) is 14.4 Å². The third-order valence-electron chi connectivity index (χ3n) is 10.2. The summed E-state index contributed by atoms with van der Waals surface area (Å²) in [5.41, 5.74) is 8.14. The molecule has 3 aromatic heterocycles. The summed E-state index contributed by atoms with van der Waals surface area (Å²) >= 11 is 0. The fourth-order valence-corrected chi connectivity index (χ4v) is 7.96. The Kier molecular flexibility index (Phi) is 5.38. The number of fused-ring (bicyclic) bond motifs is 12. The van der Waals surface area contributed by atoms with Crippen LogP contribution in [0.1, 0.15) is 0 Å². The predicted molar refractivity (Wildman–Crippen MR) is 205 cm³/mol. The van der Waals surface area contributed by atoms with E-state index in [1.54, 1.807) is 0 Å².